The van der Waals surface area contributed by atoms with Crippen LogP contribution in [0.15, 0.2) is 18.7 Å². The molecule has 1 saturated heterocycles. The van der Waals surface area contributed by atoms with E-state index in [1.807, 2.05) is 12.4 Å². The molecule has 1 fully saturated rings. The molecule has 1 aromatic rings. The molecule has 0 saturated carbocycles. The average Bonchev–Trinajstić information content (AvgIpc) is 2.13. The second-order valence-corrected chi connectivity index (χ2v) is 3.41. The number of nitrogens with zero attached hydrogens (tertiary/aromatic N) is 2. The predicted molar refractivity (Wildman–Crippen MR) is 48.3 cm³/mol. The lowest BCUT2D eigenvalue weighted by atomic mass is 9.90. The molecule has 70 valence electrons. The Bertz CT molecular complexity index is 266. The fourth-order valence-electron chi connectivity index (χ4n) is 1.54. The maximum atomic E-state index is 5.46. The first-order valence-electron chi connectivity index (χ1n) is 4.34. The molecule has 1 aromatic heterocycles. The summed E-state index contributed by atoms with van der Waals surface area (Å²) in [6.07, 6.45) is 6.11. The van der Waals surface area contributed by atoms with Gasteiger partial charge in [-0.15, -0.1) is 0 Å². The van der Waals surface area contributed by atoms with Gasteiger partial charge < -0.3 is 10.1 Å². The number of rotatable bonds is 3. The quantitative estimate of drug-likeness (QED) is 0.710. The van der Waals surface area contributed by atoms with E-state index in [2.05, 4.69) is 15.3 Å². The summed E-state index contributed by atoms with van der Waals surface area (Å²) in [5, 5.41) is 3.21. The van der Waals surface area contributed by atoms with E-state index in [-0.39, 0.29) is 5.60 Å². The van der Waals surface area contributed by atoms with Crippen LogP contribution in [0.4, 0.5) is 0 Å². The number of methoxy groups -OCH3 is 1. The summed E-state index contributed by atoms with van der Waals surface area (Å²) in [6.45, 7) is 1.83. The lowest BCUT2D eigenvalue weighted by Gasteiger charge is -2.41. The minimum Gasteiger partial charge on any atom is -0.375 e. The molecule has 2 heterocycles. The van der Waals surface area contributed by atoms with Crippen LogP contribution >= 0.6 is 0 Å². The van der Waals surface area contributed by atoms with Crippen LogP contribution in [0.25, 0.3) is 0 Å². The van der Waals surface area contributed by atoms with Crippen molar-refractivity contribution < 1.29 is 4.74 Å². The van der Waals surface area contributed by atoms with Crippen LogP contribution < -0.4 is 5.32 Å². The van der Waals surface area contributed by atoms with Gasteiger partial charge in [0.15, 0.2) is 0 Å². The first-order valence-corrected chi connectivity index (χ1v) is 4.34. The Hall–Kier alpha value is -1.00. The smallest absolute Gasteiger partial charge is 0.115 e. The molecule has 0 radical (unpaired) electrons. The molecule has 13 heavy (non-hydrogen) atoms. The van der Waals surface area contributed by atoms with Crippen LogP contribution in [0.1, 0.15) is 5.56 Å². The fraction of sp³-hybridized carbons (Fsp3) is 0.556. The Kier molecular flexibility index (Phi) is 2.24. The molecular weight excluding hydrogens is 166 g/mol. The van der Waals surface area contributed by atoms with Crippen molar-refractivity contribution in [2.75, 3.05) is 20.2 Å². The lowest BCUT2D eigenvalue weighted by molar-refractivity contribution is -0.0503. The minimum absolute atomic E-state index is 0.0231. The normalized spacial score (nSPS) is 19.5. The maximum absolute atomic E-state index is 5.46. The standard InChI is InChI=1S/C9H13N3O/c1-13-9(5-12-6-9)2-8-3-10-7-11-4-8/h3-4,7,12H,2,5-6H2,1H3. The van der Waals surface area contributed by atoms with Gasteiger partial charge in [-0.05, 0) is 5.56 Å². The Balaban J connectivity index is 2.05. The SMILES string of the molecule is COC1(Cc2cncnc2)CNC1. The van der Waals surface area contributed by atoms with Gasteiger partial charge in [-0.25, -0.2) is 9.97 Å². The summed E-state index contributed by atoms with van der Waals surface area (Å²) in [4.78, 5) is 7.95. The molecule has 4 heteroatoms. The molecular formula is C9H13N3O. The van der Waals surface area contributed by atoms with E-state index in [1.165, 1.54) is 0 Å². The first kappa shape index (κ1) is 8.59. The van der Waals surface area contributed by atoms with Gasteiger partial charge in [-0.1, -0.05) is 0 Å². The third-order valence-corrected chi connectivity index (χ3v) is 2.47. The highest BCUT2D eigenvalue weighted by atomic mass is 16.5. The summed E-state index contributed by atoms with van der Waals surface area (Å²) in [7, 11) is 1.75. The summed E-state index contributed by atoms with van der Waals surface area (Å²) in [6, 6.07) is 0. The molecule has 0 aromatic carbocycles. The maximum Gasteiger partial charge on any atom is 0.115 e. The molecule has 0 bridgehead atoms. The zero-order valence-corrected chi connectivity index (χ0v) is 7.66. The van der Waals surface area contributed by atoms with Crippen LogP contribution in [-0.4, -0.2) is 35.8 Å². The first-order chi connectivity index (χ1) is 6.35. The average molecular weight is 179 g/mol. The molecule has 4 nitrogen and oxygen atoms in total. The Morgan fingerprint density at radius 2 is 2.15 bits per heavy atom. The van der Waals surface area contributed by atoms with Gasteiger partial charge >= 0.3 is 0 Å². The highest BCUT2D eigenvalue weighted by Gasteiger charge is 2.36. The van der Waals surface area contributed by atoms with E-state index < -0.39 is 0 Å². The summed E-state index contributed by atoms with van der Waals surface area (Å²) < 4.78 is 5.46. The van der Waals surface area contributed by atoms with Crippen molar-refractivity contribution >= 4 is 0 Å². The number of aromatic nitrogens is 2. The summed E-state index contributed by atoms with van der Waals surface area (Å²) in [5.41, 5.74) is 1.11. The molecule has 0 spiro atoms. The van der Waals surface area contributed by atoms with Crippen LogP contribution in [0.2, 0.25) is 0 Å². The third kappa shape index (κ3) is 1.68. The Morgan fingerprint density at radius 1 is 1.46 bits per heavy atom. The number of nitrogens with one attached hydrogen (secondary N) is 1. The minimum atomic E-state index is -0.0231. The van der Waals surface area contributed by atoms with E-state index in [0.717, 1.165) is 25.1 Å². The highest BCUT2D eigenvalue weighted by Crippen LogP contribution is 2.20. The number of hydrogen-bond acceptors (Lipinski definition) is 4. The molecule has 0 unspecified atom stereocenters. The lowest BCUT2D eigenvalue weighted by Crippen LogP contribution is -2.61. The number of hydrogen-bond donors (Lipinski definition) is 1. The molecule has 0 atom stereocenters. The van der Waals surface area contributed by atoms with E-state index in [4.69, 9.17) is 4.74 Å². The van der Waals surface area contributed by atoms with Gasteiger partial charge in [-0.3, -0.25) is 0 Å². The molecule has 0 amide bonds. The van der Waals surface area contributed by atoms with Gasteiger partial charge in [0.05, 0.1) is 5.60 Å². The largest absolute Gasteiger partial charge is 0.375 e. The van der Waals surface area contributed by atoms with E-state index in [0.29, 0.717) is 0 Å². The predicted octanol–water partition coefficient (Wildman–Crippen LogP) is 0.00750. The highest BCUT2D eigenvalue weighted by molar-refractivity contribution is 5.11. The fourth-order valence-corrected chi connectivity index (χ4v) is 1.54. The monoisotopic (exact) mass is 179 g/mol. The van der Waals surface area contributed by atoms with Crippen molar-refractivity contribution in [2.45, 2.75) is 12.0 Å². The van der Waals surface area contributed by atoms with Crippen LogP contribution in [0, 0.1) is 0 Å². The zero-order chi connectivity index (χ0) is 9.15. The van der Waals surface area contributed by atoms with Gasteiger partial charge in [-0.2, -0.15) is 0 Å². The summed E-state index contributed by atoms with van der Waals surface area (Å²) in [5.74, 6) is 0. The molecule has 1 N–H and O–H groups in total. The Labute approximate surface area is 77.4 Å². The van der Waals surface area contributed by atoms with Gasteiger partial charge in [0, 0.05) is 39.0 Å². The van der Waals surface area contributed by atoms with Crippen LogP contribution in [-0.2, 0) is 11.2 Å². The molecule has 1 aliphatic rings. The second-order valence-electron chi connectivity index (χ2n) is 3.41. The van der Waals surface area contributed by atoms with Crippen LogP contribution in [0.5, 0.6) is 0 Å². The van der Waals surface area contributed by atoms with Gasteiger partial charge in [0.25, 0.3) is 0 Å². The van der Waals surface area contributed by atoms with Crippen molar-refractivity contribution in [1.82, 2.24) is 15.3 Å². The van der Waals surface area contributed by atoms with E-state index in [1.54, 1.807) is 13.4 Å². The van der Waals surface area contributed by atoms with Gasteiger partial charge in [0.1, 0.15) is 6.33 Å². The van der Waals surface area contributed by atoms with Crippen molar-refractivity contribution in [3.8, 4) is 0 Å². The zero-order valence-electron chi connectivity index (χ0n) is 7.66. The molecule has 2 rings (SSSR count). The second kappa shape index (κ2) is 3.40. The third-order valence-electron chi connectivity index (χ3n) is 2.47. The van der Waals surface area contributed by atoms with Gasteiger partial charge in [0.2, 0.25) is 0 Å². The van der Waals surface area contributed by atoms with Crippen molar-refractivity contribution in [1.29, 1.82) is 0 Å². The molecule has 1 aliphatic heterocycles. The van der Waals surface area contributed by atoms with Crippen molar-refractivity contribution in [3.05, 3.63) is 24.3 Å². The topological polar surface area (TPSA) is 47.0 Å². The van der Waals surface area contributed by atoms with Crippen LogP contribution in [0.3, 0.4) is 0 Å². The van der Waals surface area contributed by atoms with E-state index in [9.17, 15) is 0 Å². The molecule has 0 aliphatic carbocycles. The van der Waals surface area contributed by atoms with E-state index >= 15 is 0 Å². The van der Waals surface area contributed by atoms with Crippen molar-refractivity contribution in [3.63, 3.8) is 0 Å². The number of ether oxygens (including phenoxy) is 1. The summed E-state index contributed by atoms with van der Waals surface area (Å²) >= 11 is 0. The van der Waals surface area contributed by atoms with Crippen molar-refractivity contribution in [2.24, 2.45) is 0 Å². The Morgan fingerprint density at radius 3 is 2.62 bits per heavy atom.